The highest BCUT2D eigenvalue weighted by atomic mass is 32.2. The van der Waals surface area contributed by atoms with Crippen molar-refractivity contribution in [3.05, 3.63) is 52.7 Å². The van der Waals surface area contributed by atoms with Crippen molar-refractivity contribution in [2.45, 2.75) is 36.1 Å². The van der Waals surface area contributed by atoms with Gasteiger partial charge in [0.15, 0.2) is 0 Å². The molecule has 1 aliphatic carbocycles. The molecule has 0 saturated heterocycles. The summed E-state index contributed by atoms with van der Waals surface area (Å²) in [5, 5.41) is 8.55. The first kappa shape index (κ1) is 13.2. The summed E-state index contributed by atoms with van der Waals surface area (Å²) >= 11 is 1.59. The van der Waals surface area contributed by atoms with Crippen LogP contribution in [-0.4, -0.2) is 10.8 Å². The maximum Gasteiger partial charge on any atom is 0.125 e. The van der Waals surface area contributed by atoms with Gasteiger partial charge in [-0.05, 0) is 61.1 Å². The van der Waals surface area contributed by atoms with Gasteiger partial charge in [0.25, 0.3) is 0 Å². The van der Waals surface area contributed by atoms with Gasteiger partial charge < -0.3 is 5.73 Å². The van der Waals surface area contributed by atoms with E-state index >= 15 is 0 Å². The summed E-state index contributed by atoms with van der Waals surface area (Å²) in [6.07, 6.45) is 5.40. The number of hydrogen-bond donors (Lipinski definition) is 2. The van der Waals surface area contributed by atoms with Crippen molar-refractivity contribution in [1.82, 2.24) is 4.98 Å². The van der Waals surface area contributed by atoms with Gasteiger partial charge in [-0.15, -0.1) is 0 Å². The second kappa shape index (κ2) is 5.29. The molecule has 0 bridgehead atoms. The van der Waals surface area contributed by atoms with E-state index in [1.165, 1.54) is 35.3 Å². The fourth-order valence-corrected chi connectivity index (χ4v) is 3.71. The SMILES string of the molecule is Cc1ccnc(Sc2ccc3c(c2)CCC3)c1C(=N)N. The van der Waals surface area contributed by atoms with E-state index in [2.05, 4.69) is 23.2 Å². The van der Waals surface area contributed by atoms with Crippen molar-refractivity contribution in [3.63, 3.8) is 0 Å². The van der Waals surface area contributed by atoms with Crippen molar-refractivity contribution < 1.29 is 0 Å². The predicted molar refractivity (Wildman–Crippen MR) is 82.6 cm³/mol. The largest absolute Gasteiger partial charge is 0.384 e. The lowest BCUT2D eigenvalue weighted by Gasteiger charge is -2.10. The third kappa shape index (κ3) is 2.43. The van der Waals surface area contributed by atoms with Gasteiger partial charge in [0.1, 0.15) is 10.9 Å². The van der Waals surface area contributed by atoms with Crippen LogP contribution >= 0.6 is 11.8 Å². The van der Waals surface area contributed by atoms with Crippen LogP contribution < -0.4 is 5.73 Å². The number of fused-ring (bicyclic) bond motifs is 1. The molecule has 2 aromatic rings. The smallest absolute Gasteiger partial charge is 0.125 e. The first-order valence-electron chi connectivity index (χ1n) is 6.75. The molecule has 3 rings (SSSR count). The van der Waals surface area contributed by atoms with Crippen molar-refractivity contribution in [2.75, 3.05) is 0 Å². The van der Waals surface area contributed by atoms with Gasteiger partial charge in [0.05, 0.1) is 5.56 Å². The van der Waals surface area contributed by atoms with Crippen molar-refractivity contribution >= 4 is 17.6 Å². The molecule has 20 heavy (non-hydrogen) atoms. The average molecular weight is 283 g/mol. The van der Waals surface area contributed by atoms with Crippen LogP contribution in [0.2, 0.25) is 0 Å². The molecule has 3 nitrogen and oxygen atoms in total. The third-order valence-corrected chi connectivity index (χ3v) is 4.67. The highest BCUT2D eigenvalue weighted by molar-refractivity contribution is 7.99. The van der Waals surface area contributed by atoms with Crippen LogP contribution in [0.4, 0.5) is 0 Å². The van der Waals surface area contributed by atoms with Crippen LogP contribution in [-0.2, 0) is 12.8 Å². The molecule has 0 fully saturated rings. The topological polar surface area (TPSA) is 62.8 Å². The summed E-state index contributed by atoms with van der Waals surface area (Å²) in [6.45, 7) is 1.96. The summed E-state index contributed by atoms with van der Waals surface area (Å²) in [5.74, 6) is 0.0826. The van der Waals surface area contributed by atoms with Gasteiger partial charge in [-0.2, -0.15) is 0 Å². The molecule has 3 N–H and O–H groups in total. The number of rotatable bonds is 3. The maximum atomic E-state index is 7.73. The molecule has 0 atom stereocenters. The third-order valence-electron chi connectivity index (χ3n) is 3.68. The second-order valence-electron chi connectivity index (χ2n) is 5.11. The number of amidine groups is 1. The molecule has 0 unspecified atom stereocenters. The minimum Gasteiger partial charge on any atom is -0.384 e. The molecule has 1 heterocycles. The maximum absolute atomic E-state index is 7.73. The van der Waals surface area contributed by atoms with Gasteiger partial charge in [-0.1, -0.05) is 17.8 Å². The summed E-state index contributed by atoms with van der Waals surface area (Å²) in [5.41, 5.74) is 10.4. The quantitative estimate of drug-likeness (QED) is 0.671. The Morgan fingerprint density at radius 2 is 2.05 bits per heavy atom. The van der Waals surface area contributed by atoms with Gasteiger partial charge in [-0.25, -0.2) is 4.98 Å². The molecular formula is C16H17N3S. The summed E-state index contributed by atoms with van der Waals surface area (Å²) in [4.78, 5) is 5.56. The molecule has 0 amide bonds. The Labute approximate surface area is 123 Å². The fraction of sp³-hybridized carbons (Fsp3) is 0.250. The summed E-state index contributed by atoms with van der Waals surface area (Å²) in [7, 11) is 0. The zero-order valence-electron chi connectivity index (χ0n) is 11.4. The number of nitrogens with one attached hydrogen (secondary N) is 1. The number of aryl methyl sites for hydroxylation is 3. The first-order chi connectivity index (χ1) is 9.65. The fourth-order valence-electron chi connectivity index (χ4n) is 2.66. The molecule has 1 aromatic heterocycles. The van der Waals surface area contributed by atoms with Gasteiger partial charge in [0.2, 0.25) is 0 Å². The normalized spacial score (nSPS) is 13.2. The van der Waals surface area contributed by atoms with Crippen LogP contribution in [0, 0.1) is 12.3 Å². The number of benzene rings is 1. The Kier molecular flexibility index (Phi) is 3.49. The number of hydrogen-bond acceptors (Lipinski definition) is 3. The average Bonchev–Trinajstić information content (AvgIpc) is 2.85. The first-order valence-corrected chi connectivity index (χ1v) is 7.56. The Bertz CT molecular complexity index is 679. The van der Waals surface area contributed by atoms with E-state index in [1.807, 2.05) is 13.0 Å². The highest BCUT2D eigenvalue weighted by Gasteiger charge is 2.14. The second-order valence-corrected chi connectivity index (χ2v) is 6.17. The molecule has 4 heteroatoms. The minimum absolute atomic E-state index is 0.0826. The van der Waals surface area contributed by atoms with E-state index in [0.29, 0.717) is 0 Å². The number of aromatic nitrogens is 1. The summed E-state index contributed by atoms with van der Waals surface area (Å²) < 4.78 is 0. The molecule has 0 spiro atoms. The molecule has 1 aliphatic rings. The van der Waals surface area contributed by atoms with E-state index in [9.17, 15) is 0 Å². The molecule has 0 radical (unpaired) electrons. The van der Waals surface area contributed by atoms with Gasteiger partial charge >= 0.3 is 0 Å². The van der Waals surface area contributed by atoms with E-state index in [1.54, 1.807) is 18.0 Å². The molecule has 1 aromatic carbocycles. The molecule has 102 valence electrons. The lowest BCUT2D eigenvalue weighted by Crippen LogP contribution is -2.14. The molecule has 0 aliphatic heterocycles. The standard InChI is InChI=1S/C16H17N3S/c1-10-7-8-19-16(14(10)15(17)18)20-13-6-5-11-3-2-4-12(11)9-13/h5-9H,2-4H2,1H3,(H3,17,18). The van der Waals surface area contributed by atoms with Crippen LogP contribution in [0.5, 0.6) is 0 Å². The zero-order valence-corrected chi connectivity index (χ0v) is 12.3. The zero-order chi connectivity index (χ0) is 14.1. The van der Waals surface area contributed by atoms with Crippen LogP contribution in [0.3, 0.4) is 0 Å². The number of nitrogens with zero attached hydrogens (tertiary/aromatic N) is 1. The Hall–Kier alpha value is -1.81. The monoisotopic (exact) mass is 283 g/mol. The Morgan fingerprint density at radius 3 is 2.85 bits per heavy atom. The van der Waals surface area contributed by atoms with Gasteiger partial charge in [0, 0.05) is 11.1 Å². The number of pyridine rings is 1. The van der Waals surface area contributed by atoms with Crippen LogP contribution in [0.25, 0.3) is 0 Å². The number of nitrogens with two attached hydrogens (primary N) is 1. The van der Waals surface area contributed by atoms with E-state index in [-0.39, 0.29) is 5.84 Å². The minimum atomic E-state index is 0.0826. The van der Waals surface area contributed by atoms with E-state index in [4.69, 9.17) is 11.1 Å². The predicted octanol–water partition coefficient (Wildman–Crippen LogP) is 3.31. The summed E-state index contributed by atoms with van der Waals surface area (Å²) in [6, 6.07) is 8.50. The van der Waals surface area contributed by atoms with Crippen molar-refractivity contribution in [3.8, 4) is 0 Å². The van der Waals surface area contributed by atoms with E-state index in [0.717, 1.165) is 16.2 Å². The molecular weight excluding hydrogens is 266 g/mol. The van der Waals surface area contributed by atoms with Crippen LogP contribution in [0.15, 0.2) is 40.4 Å². The number of nitrogen functional groups attached to an aromatic ring is 1. The van der Waals surface area contributed by atoms with Crippen molar-refractivity contribution in [2.24, 2.45) is 5.73 Å². The highest BCUT2D eigenvalue weighted by Crippen LogP contribution is 2.33. The lowest BCUT2D eigenvalue weighted by molar-refractivity contribution is 0.911. The van der Waals surface area contributed by atoms with Crippen LogP contribution in [0.1, 0.15) is 28.7 Å². The molecule has 0 saturated carbocycles. The van der Waals surface area contributed by atoms with E-state index < -0.39 is 0 Å². The van der Waals surface area contributed by atoms with Gasteiger partial charge in [-0.3, -0.25) is 5.41 Å². The Balaban J connectivity index is 1.95. The van der Waals surface area contributed by atoms with Crippen molar-refractivity contribution in [1.29, 1.82) is 5.41 Å². The lowest BCUT2D eigenvalue weighted by atomic mass is 10.1. The Morgan fingerprint density at radius 1 is 1.25 bits per heavy atom.